The predicted molar refractivity (Wildman–Crippen MR) is 121 cm³/mol. The number of benzene rings is 2. The Morgan fingerprint density at radius 3 is 2.10 bits per heavy atom. The van der Waals surface area contributed by atoms with E-state index in [4.69, 9.17) is 0 Å². The molecule has 0 heterocycles. The molecule has 0 amide bonds. The molecule has 0 spiro atoms. The molecule has 0 unspecified atom stereocenters. The second-order valence-corrected chi connectivity index (χ2v) is 16.4. The summed E-state index contributed by atoms with van der Waals surface area (Å²) in [5, 5.41) is 0. The second-order valence-electron chi connectivity index (χ2n) is 9.20. The zero-order chi connectivity index (χ0) is 20.0. The molecule has 0 atom stereocenters. The molecule has 0 saturated carbocycles. The Kier molecular flexibility index (Phi) is 8.71. The molecule has 0 aromatic heterocycles. The van der Waals surface area contributed by atoms with Gasteiger partial charge in [0.05, 0.1) is 0 Å². The van der Waals surface area contributed by atoms with Gasteiger partial charge in [0.2, 0.25) is 0 Å². The Balaban J connectivity index is 0.00000160. The zero-order valence-electron chi connectivity index (χ0n) is 18.9. The van der Waals surface area contributed by atoms with Gasteiger partial charge in [0.15, 0.2) is 0 Å². The van der Waals surface area contributed by atoms with Crippen molar-refractivity contribution < 1.29 is 46.1 Å². The normalized spacial score (nSPS) is 13.2. The Morgan fingerprint density at radius 2 is 1.53 bits per heavy atom. The van der Waals surface area contributed by atoms with E-state index >= 15 is 0 Å². The topological polar surface area (TPSA) is 0 Å². The molecule has 2 aliphatic rings. The maximum absolute atomic E-state index is 2.60. The first-order chi connectivity index (χ1) is 13.4. The van der Waals surface area contributed by atoms with Crippen molar-refractivity contribution in [3.8, 4) is 11.1 Å². The molecule has 0 saturated heterocycles. The summed E-state index contributed by atoms with van der Waals surface area (Å²) < 4.78 is 5.17. The summed E-state index contributed by atoms with van der Waals surface area (Å²) in [4.78, 5) is 0. The van der Waals surface area contributed by atoms with E-state index in [9.17, 15) is 0 Å². The van der Waals surface area contributed by atoms with Crippen LogP contribution in [0.4, 0.5) is 0 Å². The van der Waals surface area contributed by atoms with Crippen molar-refractivity contribution in [2.45, 2.75) is 66.2 Å². The van der Waals surface area contributed by atoms with Gasteiger partial charge in [-0.2, -0.15) is 0 Å². The van der Waals surface area contributed by atoms with E-state index < -0.39 is 21.3 Å². The third-order valence-electron chi connectivity index (χ3n) is 6.26. The molecule has 0 aliphatic heterocycles. The van der Waals surface area contributed by atoms with Gasteiger partial charge in [0.1, 0.15) is 0 Å². The van der Waals surface area contributed by atoms with Crippen LogP contribution in [0, 0.1) is 0 Å². The number of hydrogen-bond donors (Lipinski definition) is 0. The number of rotatable bonds is 4. The van der Waals surface area contributed by atoms with E-state index in [2.05, 4.69) is 90.1 Å². The predicted octanol–water partition coefficient (Wildman–Crippen LogP) is 0.812. The van der Waals surface area contributed by atoms with Crippen LogP contribution in [-0.4, -0.2) is 3.21 Å². The third-order valence-corrected chi connectivity index (χ3v) is 13.6. The van der Waals surface area contributed by atoms with Crippen molar-refractivity contribution in [2.75, 3.05) is 0 Å². The summed E-state index contributed by atoms with van der Waals surface area (Å²) in [6.45, 7) is 14.1. The number of fused-ring (bicyclic) bond motifs is 3. The van der Waals surface area contributed by atoms with Crippen LogP contribution in [0.25, 0.3) is 11.1 Å². The van der Waals surface area contributed by atoms with Crippen LogP contribution < -0.4 is 28.1 Å². The molecular weight excluding hydrogens is 486 g/mol. The molecule has 4 rings (SSSR count). The van der Waals surface area contributed by atoms with Gasteiger partial charge in [-0.3, -0.25) is 0 Å². The van der Waals surface area contributed by atoms with Crippen LogP contribution in [0.3, 0.4) is 0 Å². The molecule has 3 heteroatoms. The molecule has 0 radical (unpaired) electrons. The first-order valence-electron chi connectivity index (χ1n) is 10.7. The molecule has 0 nitrogen and oxygen atoms in total. The number of allylic oxidation sites excluding steroid dienone is 4. The van der Waals surface area contributed by atoms with Crippen molar-refractivity contribution >= 4 is 6.48 Å². The van der Waals surface area contributed by atoms with Gasteiger partial charge in [-0.05, 0) is 0 Å². The minimum absolute atomic E-state index is 0. The van der Waals surface area contributed by atoms with E-state index in [1.54, 1.807) is 15.3 Å². The van der Waals surface area contributed by atoms with Gasteiger partial charge in [0, 0.05) is 0 Å². The molecule has 2 aromatic carbocycles. The molecular formula is C27H32Cl2Zr. The molecule has 158 valence electrons. The van der Waals surface area contributed by atoms with Crippen LogP contribution in [0.2, 0.25) is 0 Å². The van der Waals surface area contributed by atoms with E-state index in [0.29, 0.717) is 11.8 Å². The first-order valence-corrected chi connectivity index (χ1v) is 14.4. The Bertz CT molecular complexity index is 1040. The van der Waals surface area contributed by atoms with E-state index in [-0.39, 0.29) is 24.8 Å². The summed E-state index contributed by atoms with van der Waals surface area (Å²) in [5.41, 5.74) is 9.18. The fourth-order valence-corrected chi connectivity index (χ4v) is 11.9. The first kappa shape index (κ1) is 25.5. The summed E-state index contributed by atoms with van der Waals surface area (Å²) in [5.74, 6) is 1.15. The van der Waals surface area contributed by atoms with E-state index in [1.165, 1.54) is 34.2 Å². The van der Waals surface area contributed by atoms with Gasteiger partial charge in [-0.1, -0.05) is 0 Å². The fourth-order valence-electron chi connectivity index (χ4n) is 4.63. The molecule has 2 aliphatic carbocycles. The van der Waals surface area contributed by atoms with Crippen molar-refractivity contribution in [1.29, 1.82) is 0 Å². The van der Waals surface area contributed by atoms with Gasteiger partial charge in [-0.15, -0.1) is 0 Å². The van der Waals surface area contributed by atoms with Crippen LogP contribution >= 0.6 is 0 Å². The van der Waals surface area contributed by atoms with Crippen molar-refractivity contribution in [3.05, 3.63) is 74.1 Å². The minimum Gasteiger partial charge on any atom is -1.00 e. The van der Waals surface area contributed by atoms with Gasteiger partial charge in [-0.25, -0.2) is 0 Å². The average Bonchev–Trinajstić information content (AvgIpc) is 3.28. The summed E-state index contributed by atoms with van der Waals surface area (Å²) in [6.07, 6.45) is 9.33. The van der Waals surface area contributed by atoms with Gasteiger partial charge < -0.3 is 24.8 Å². The van der Waals surface area contributed by atoms with Crippen molar-refractivity contribution in [3.63, 3.8) is 0 Å². The average molecular weight is 519 g/mol. The van der Waals surface area contributed by atoms with Gasteiger partial charge in [0.25, 0.3) is 0 Å². The molecule has 0 bridgehead atoms. The Hall–Kier alpha value is -0.747. The zero-order valence-corrected chi connectivity index (χ0v) is 22.9. The largest absolute Gasteiger partial charge is 1.00 e. The molecule has 0 fully saturated rings. The number of hydrogen-bond acceptors (Lipinski definition) is 0. The standard InChI is InChI=1S/C19H21.C5H5.C3H6.2ClH.Zr/c1-12(2)14-5-7-16-9-17-8-6-15(13(3)4)11-19(17)18(16)10-14;1-2-4-5-3-1;1-3-2;;;/h5-7,10-13H,9H2,1-4H3;1-3H,4H2;1-2H3;2*1H;/q;;;;;+2/p-2. The van der Waals surface area contributed by atoms with Crippen molar-refractivity contribution in [2.24, 2.45) is 0 Å². The molecule has 2 aromatic rings. The summed E-state index contributed by atoms with van der Waals surface area (Å²) in [6, 6.07) is 12.3. The molecule has 0 N–H and O–H groups in total. The SMILES string of the molecule is C[C](C)=[Zr+2]([C]1=CC=CC1)[c]1cc(C(C)C)cc2c1Cc1ccc(C(C)C)cc1-2.[Cl-].[Cl-]. The van der Waals surface area contributed by atoms with Crippen LogP contribution in [0.1, 0.15) is 82.1 Å². The van der Waals surface area contributed by atoms with Crippen LogP contribution in [0.15, 0.2) is 51.8 Å². The third kappa shape index (κ3) is 4.69. The fraction of sp³-hybridized carbons (Fsp3) is 0.370. The molecule has 30 heavy (non-hydrogen) atoms. The van der Waals surface area contributed by atoms with E-state index in [0.717, 1.165) is 6.42 Å². The van der Waals surface area contributed by atoms with Crippen LogP contribution in [-0.2, 0) is 27.7 Å². The smallest absolute Gasteiger partial charge is 1.00 e. The Labute approximate surface area is 202 Å². The quantitative estimate of drug-likeness (QED) is 0.480. The van der Waals surface area contributed by atoms with Gasteiger partial charge >= 0.3 is 179 Å². The van der Waals surface area contributed by atoms with Crippen LogP contribution in [0.5, 0.6) is 0 Å². The Morgan fingerprint density at radius 1 is 0.867 bits per heavy atom. The summed E-state index contributed by atoms with van der Waals surface area (Å²) in [7, 11) is 0. The van der Waals surface area contributed by atoms with E-state index in [1.807, 2.05) is 0 Å². The monoisotopic (exact) mass is 516 g/mol. The summed E-state index contributed by atoms with van der Waals surface area (Å²) >= 11 is -1.99. The maximum atomic E-state index is 2.60. The van der Waals surface area contributed by atoms with Crippen molar-refractivity contribution in [1.82, 2.24) is 0 Å². The minimum atomic E-state index is -1.99. The second kappa shape index (κ2) is 10.2. The number of halogens is 2. The maximum Gasteiger partial charge on any atom is -1.00 e.